The number of carbonyl (C=O) groups is 1. The molecule has 0 fully saturated rings. The molecule has 0 aliphatic heterocycles. The number of rotatable bonds is 10. The SMILES string of the molecule is COCC(=O)O[C@@]1(CCN(C)CCc2ccc(F)cc2)CCc2cc(F)ccc2[C@H]1C(C)C.Cl. The lowest BCUT2D eigenvalue weighted by Gasteiger charge is -2.47. The number of methoxy groups -OCH3 is 1. The first-order valence-electron chi connectivity index (χ1n) is 11.7. The molecule has 3 rings (SSSR count). The van der Waals surface area contributed by atoms with Gasteiger partial charge >= 0.3 is 5.97 Å². The van der Waals surface area contributed by atoms with Crippen LogP contribution in [0.5, 0.6) is 0 Å². The summed E-state index contributed by atoms with van der Waals surface area (Å²) in [5, 5.41) is 0. The molecular formula is C27H36ClF2NO3. The second-order valence-electron chi connectivity index (χ2n) is 9.47. The minimum absolute atomic E-state index is 0. The molecule has 1 aliphatic rings. The Morgan fingerprint density at radius 2 is 1.79 bits per heavy atom. The lowest BCUT2D eigenvalue weighted by molar-refractivity contribution is -0.172. The molecule has 0 aromatic heterocycles. The first-order chi connectivity index (χ1) is 15.7. The number of fused-ring (bicyclic) bond motifs is 1. The first kappa shape index (κ1) is 28.2. The largest absolute Gasteiger partial charge is 0.457 e. The highest BCUT2D eigenvalue weighted by molar-refractivity contribution is 5.85. The molecule has 1 aliphatic carbocycles. The molecule has 0 unspecified atom stereocenters. The van der Waals surface area contributed by atoms with Crippen molar-refractivity contribution in [3.05, 3.63) is 70.8 Å². The van der Waals surface area contributed by atoms with Crippen molar-refractivity contribution < 1.29 is 23.0 Å². The van der Waals surface area contributed by atoms with Gasteiger partial charge in [-0.25, -0.2) is 13.6 Å². The van der Waals surface area contributed by atoms with Crippen molar-refractivity contribution in [2.75, 3.05) is 33.9 Å². The summed E-state index contributed by atoms with van der Waals surface area (Å²) in [6.45, 7) is 5.70. The molecule has 0 saturated carbocycles. The zero-order valence-electron chi connectivity index (χ0n) is 20.5. The Morgan fingerprint density at radius 1 is 1.12 bits per heavy atom. The molecule has 0 radical (unpaired) electrons. The average Bonchev–Trinajstić information content (AvgIpc) is 2.77. The van der Waals surface area contributed by atoms with Gasteiger partial charge in [-0.05, 0) is 73.2 Å². The number of likely N-dealkylation sites (N-methyl/N-ethyl adjacent to an activating group) is 1. The van der Waals surface area contributed by atoms with Crippen molar-refractivity contribution in [3.63, 3.8) is 0 Å². The zero-order valence-corrected chi connectivity index (χ0v) is 21.3. The van der Waals surface area contributed by atoms with Gasteiger partial charge in [-0.2, -0.15) is 0 Å². The van der Waals surface area contributed by atoms with E-state index in [2.05, 4.69) is 18.7 Å². The summed E-state index contributed by atoms with van der Waals surface area (Å²) in [5.41, 5.74) is 2.46. The highest BCUT2D eigenvalue weighted by atomic mass is 35.5. The quantitative estimate of drug-likeness (QED) is 0.404. The van der Waals surface area contributed by atoms with Gasteiger partial charge in [-0.3, -0.25) is 0 Å². The molecule has 34 heavy (non-hydrogen) atoms. The van der Waals surface area contributed by atoms with Crippen LogP contribution in [0.1, 0.15) is 49.3 Å². The number of nitrogens with zero attached hydrogens (tertiary/aromatic N) is 1. The second-order valence-corrected chi connectivity index (χ2v) is 9.47. The standard InChI is InChI=1S/C27H35F2NO3.ClH/c1-19(2)26-24-10-9-23(29)17-21(24)11-13-27(26,33-25(31)18-32-4)14-16-30(3)15-12-20-5-7-22(28)8-6-20;/h5-10,17,19,26H,11-16,18H2,1-4H3;1H/t26-,27-;/m1./s1. The molecule has 7 heteroatoms. The summed E-state index contributed by atoms with van der Waals surface area (Å²) in [4.78, 5) is 14.8. The molecule has 188 valence electrons. The monoisotopic (exact) mass is 495 g/mol. The van der Waals surface area contributed by atoms with Crippen LogP contribution >= 0.6 is 12.4 Å². The molecule has 2 atom stereocenters. The Bertz CT molecular complexity index is 938. The molecule has 0 amide bonds. The topological polar surface area (TPSA) is 38.8 Å². The van der Waals surface area contributed by atoms with Crippen molar-refractivity contribution >= 4 is 18.4 Å². The van der Waals surface area contributed by atoms with Gasteiger partial charge in [0.25, 0.3) is 0 Å². The molecule has 2 aromatic carbocycles. The average molecular weight is 496 g/mol. The van der Waals surface area contributed by atoms with Crippen molar-refractivity contribution in [1.82, 2.24) is 4.90 Å². The Morgan fingerprint density at radius 3 is 2.44 bits per heavy atom. The lowest BCUT2D eigenvalue weighted by atomic mass is 9.65. The van der Waals surface area contributed by atoms with Crippen LogP contribution in [0.25, 0.3) is 0 Å². The third-order valence-corrected chi connectivity index (χ3v) is 6.68. The molecule has 0 N–H and O–H groups in total. The van der Waals surface area contributed by atoms with Gasteiger partial charge in [-0.1, -0.05) is 32.0 Å². The van der Waals surface area contributed by atoms with Crippen molar-refractivity contribution in [2.24, 2.45) is 5.92 Å². The molecule has 0 spiro atoms. The van der Waals surface area contributed by atoms with Crippen LogP contribution in [0.4, 0.5) is 8.78 Å². The van der Waals surface area contributed by atoms with Crippen LogP contribution in [0.2, 0.25) is 0 Å². The lowest BCUT2D eigenvalue weighted by Crippen LogP contribution is -2.49. The summed E-state index contributed by atoms with van der Waals surface area (Å²) < 4.78 is 38.3. The van der Waals surface area contributed by atoms with Crippen molar-refractivity contribution in [2.45, 2.75) is 51.0 Å². The Hall–Kier alpha value is -2.02. The molecular weight excluding hydrogens is 460 g/mol. The third kappa shape index (κ3) is 7.00. The Kier molecular flexibility index (Phi) is 10.5. The minimum atomic E-state index is -0.682. The molecule has 0 heterocycles. The molecule has 0 bridgehead atoms. The van der Waals surface area contributed by atoms with E-state index < -0.39 is 5.60 Å². The second kappa shape index (κ2) is 12.6. The number of benzene rings is 2. The van der Waals surface area contributed by atoms with Gasteiger partial charge in [0, 0.05) is 32.5 Å². The van der Waals surface area contributed by atoms with E-state index >= 15 is 0 Å². The summed E-state index contributed by atoms with van der Waals surface area (Å²) in [6, 6.07) is 11.5. The number of esters is 1. The van der Waals surface area contributed by atoms with E-state index in [4.69, 9.17) is 9.47 Å². The maximum absolute atomic E-state index is 13.9. The highest BCUT2D eigenvalue weighted by Gasteiger charge is 2.47. The van der Waals surface area contributed by atoms with E-state index in [-0.39, 0.29) is 48.5 Å². The minimum Gasteiger partial charge on any atom is -0.457 e. The van der Waals surface area contributed by atoms with Gasteiger partial charge < -0.3 is 14.4 Å². The van der Waals surface area contributed by atoms with Crippen LogP contribution in [0.15, 0.2) is 42.5 Å². The summed E-state index contributed by atoms with van der Waals surface area (Å²) in [5.74, 6) is -0.671. The smallest absolute Gasteiger partial charge is 0.332 e. The fourth-order valence-corrected chi connectivity index (χ4v) is 5.13. The van der Waals surface area contributed by atoms with Gasteiger partial charge in [0.05, 0.1) is 0 Å². The summed E-state index contributed by atoms with van der Waals surface area (Å²) in [7, 11) is 3.53. The van der Waals surface area contributed by atoms with Crippen molar-refractivity contribution in [3.8, 4) is 0 Å². The number of aryl methyl sites for hydroxylation is 1. The van der Waals surface area contributed by atoms with Crippen LogP contribution < -0.4 is 0 Å². The third-order valence-electron chi connectivity index (χ3n) is 6.68. The van der Waals surface area contributed by atoms with Gasteiger partial charge in [-0.15, -0.1) is 12.4 Å². The zero-order chi connectivity index (χ0) is 24.0. The Labute approximate surface area is 208 Å². The van der Waals surface area contributed by atoms with Crippen molar-refractivity contribution in [1.29, 1.82) is 0 Å². The van der Waals surface area contributed by atoms with Crippen LogP contribution in [0.3, 0.4) is 0 Å². The summed E-state index contributed by atoms with van der Waals surface area (Å²) in [6.07, 6.45) is 2.79. The molecule has 2 aromatic rings. The van der Waals surface area contributed by atoms with Gasteiger partial charge in [0.2, 0.25) is 0 Å². The summed E-state index contributed by atoms with van der Waals surface area (Å²) >= 11 is 0. The van der Waals surface area contributed by atoms with Crippen LogP contribution in [-0.4, -0.2) is 50.3 Å². The number of hydrogen-bond donors (Lipinski definition) is 0. The van der Waals surface area contributed by atoms with Gasteiger partial charge in [0.1, 0.15) is 23.8 Å². The van der Waals surface area contributed by atoms with Gasteiger partial charge in [0.15, 0.2) is 0 Å². The molecule has 4 nitrogen and oxygen atoms in total. The number of halogens is 3. The van der Waals surface area contributed by atoms with Crippen LogP contribution in [-0.2, 0) is 27.1 Å². The fourth-order valence-electron chi connectivity index (χ4n) is 5.13. The molecule has 0 saturated heterocycles. The number of ether oxygens (including phenoxy) is 2. The van der Waals surface area contributed by atoms with E-state index in [0.29, 0.717) is 19.3 Å². The van der Waals surface area contributed by atoms with E-state index in [9.17, 15) is 13.6 Å². The maximum Gasteiger partial charge on any atom is 0.332 e. The maximum atomic E-state index is 13.9. The predicted octanol–water partition coefficient (Wildman–Crippen LogP) is 5.57. The van der Waals surface area contributed by atoms with Crippen LogP contribution in [0, 0.1) is 17.6 Å². The highest BCUT2D eigenvalue weighted by Crippen LogP contribution is 2.48. The van der Waals surface area contributed by atoms with E-state index in [1.807, 2.05) is 25.2 Å². The normalized spacial score (nSPS) is 19.6. The van der Waals surface area contributed by atoms with E-state index in [0.717, 1.165) is 36.2 Å². The Balaban J connectivity index is 0.00000408. The number of hydrogen-bond acceptors (Lipinski definition) is 4. The first-order valence-corrected chi connectivity index (χ1v) is 11.7. The predicted molar refractivity (Wildman–Crippen MR) is 132 cm³/mol. The van der Waals surface area contributed by atoms with E-state index in [1.165, 1.54) is 25.3 Å². The fraction of sp³-hybridized carbons (Fsp3) is 0.519. The van der Waals surface area contributed by atoms with E-state index in [1.54, 1.807) is 6.07 Å². The number of carbonyl (C=O) groups excluding carboxylic acids is 1.